The summed E-state index contributed by atoms with van der Waals surface area (Å²) in [6.07, 6.45) is 2.80. The van der Waals surface area contributed by atoms with Crippen LogP contribution in [0.5, 0.6) is 0 Å². The van der Waals surface area contributed by atoms with Gasteiger partial charge in [0.25, 0.3) is 0 Å². The Kier molecular flexibility index (Phi) is 4.03. The molecule has 2 heterocycles. The number of carbonyl (C=O) groups excluding carboxylic acids is 1. The standard InChI is InChI=1S/C16H15N3OS/c17-7-5-16-19-14(10-21-16)15(20)9-11-6-8-18-13-4-2-1-3-12(11)13/h1-4,6,8,10H,5,7,9,17H2. The molecule has 5 heteroatoms. The van der Waals surface area contributed by atoms with Gasteiger partial charge in [-0.25, -0.2) is 4.98 Å². The molecule has 0 fully saturated rings. The second-order valence-electron chi connectivity index (χ2n) is 4.75. The lowest BCUT2D eigenvalue weighted by Gasteiger charge is -2.04. The van der Waals surface area contributed by atoms with Gasteiger partial charge in [-0.05, 0) is 24.2 Å². The van der Waals surface area contributed by atoms with E-state index in [-0.39, 0.29) is 5.78 Å². The van der Waals surface area contributed by atoms with Crippen LogP contribution < -0.4 is 5.73 Å². The molecular formula is C16H15N3OS. The molecule has 0 saturated heterocycles. The quantitative estimate of drug-likeness (QED) is 0.735. The van der Waals surface area contributed by atoms with Crippen molar-refractivity contribution in [1.29, 1.82) is 0 Å². The van der Waals surface area contributed by atoms with Crippen LogP contribution in [0.25, 0.3) is 10.9 Å². The zero-order valence-corrected chi connectivity index (χ0v) is 12.3. The van der Waals surface area contributed by atoms with Crippen molar-refractivity contribution in [2.24, 2.45) is 5.73 Å². The van der Waals surface area contributed by atoms with Crippen LogP contribution in [0, 0.1) is 0 Å². The smallest absolute Gasteiger partial charge is 0.186 e. The first-order valence-electron chi connectivity index (χ1n) is 6.78. The lowest BCUT2D eigenvalue weighted by Crippen LogP contribution is -2.06. The van der Waals surface area contributed by atoms with E-state index in [9.17, 15) is 4.79 Å². The summed E-state index contributed by atoms with van der Waals surface area (Å²) in [5, 5.41) is 3.75. The second kappa shape index (κ2) is 6.11. The van der Waals surface area contributed by atoms with Crippen molar-refractivity contribution in [3.8, 4) is 0 Å². The van der Waals surface area contributed by atoms with Crippen LogP contribution in [0.4, 0.5) is 0 Å². The van der Waals surface area contributed by atoms with Crippen molar-refractivity contribution >= 4 is 28.0 Å². The number of nitrogens with zero attached hydrogens (tertiary/aromatic N) is 2. The van der Waals surface area contributed by atoms with Gasteiger partial charge in [0.2, 0.25) is 0 Å². The summed E-state index contributed by atoms with van der Waals surface area (Å²) in [5.41, 5.74) is 7.93. The van der Waals surface area contributed by atoms with Gasteiger partial charge in [-0.2, -0.15) is 0 Å². The largest absolute Gasteiger partial charge is 0.330 e. The summed E-state index contributed by atoms with van der Waals surface area (Å²) in [6, 6.07) is 9.74. The third-order valence-electron chi connectivity index (χ3n) is 3.29. The van der Waals surface area contributed by atoms with E-state index in [1.165, 1.54) is 11.3 Å². The summed E-state index contributed by atoms with van der Waals surface area (Å²) in [4.78, 5) is 21.0. The molecule has 1 aromatic carbocycles. The fraction of sp³-hybridized carbons (Fsp3) is 0.188. The average Bonchev–Trinajstić information content (AvgIpc) is 2.97. The van der Waals surface area contributed by atoms with Crippen LogP contribution in [0.1, 0.15) is 21.1 Å². The Bertz CT molecular complexity index is 777. The van der Waals surface area contributed by atoms with Gasteiger partial charge in [-0.3, -0.25) is 9.78 Å². The molecule has 0 bridgehead atoms. The number of para-hydroxylation sites is 1. The Hall–Kier alpha value is -2.11. The first-order chi connectivity index (χ1) is 10.3. The highest BCUT2D eigenvalue weighted by atomic mass is 32.1. The van der Waals surface area contributed by atoms with Crippen LogP contribution in [0.3, 0.4) is 0 Å². The normalized spacial score (nSPS) is 10.9. The van der Waals surface area contributed by atoms with Gasteiger partial charge in [0.15, 0.2) is 5.78 Å². The molecule has 106 valence electrons. The van der Waals surface area contributed by atoms with Crippen LogP contribution in [0.15, 0.2) is 41.9 Å². The van der Waals surface area contributed by atoms with E-state index in [1.807, 2.05) is 35.7 Å². The first kappa shape index (κ1) is 13.9. The number of nitrogens with two attached hydrogens (primary N) is 1. The summed E-state index contributed by atoms with van der Waals surface area (Å²) in [6.45, 7) is 0.552. The molecule has 4 nitrogen and oxygen atoms in total. The highest BCUT2D eigenvalue weighted by Crippen LogP contribution is 2.19. The van der Waals surface area contributed by atoms with Crippen molar-refractivity contribution in [3.05, 3.63) is 58.2 Å². The molecule has 3 aromatic rings. The number of thiazole rings is 1. The van der Waals surface area contributed by atoms with E-state index in [2.05, 4.69) is 9.97 Å². The van der Waals surface area contributed by atoms with Gasteiger partial charge < -0.3 is 5.73 Å². The fourth-order valence-electron chi connectivity index (χ4n) is 2.25. The van der Waals surface area contributed by atoms with Gasteiger partial charge in [0.05, 0.1) is 10.5 Å². The predicted octanol–water partition coefficient (Wildman–Crippen LogP) is 2.62. The van der Waals surface area contributed by atoms with Crippen LogP contribution in [-0.4, -0.2) is 22.3 Å². The number of fused-ring (bicyclic) bond motifs is 1. The molecule has 21 heavy (non-hydrogen) atoms. The first-order valence-corrected chi connectivity index (χ1v) is 7.66. The topological polar surface area (TPSA) is 68.9 Å². The van der Waals surface area contributed by atoms with E-state index in [0.29, 0.717) is 18.7 Å². The minimum atomic E-state index is 0.0332. The SMILES string of the molecule is NCCc1nc(C(=O)Cc2ccnc3ccccc23)cs1. The van der Waals surface area contributed by atoms with E-state index < -0.39 is 0 Å². The highest BCUT2D eigenvalue weighted by molar-refractivity contribution is 7.09. The Morgan fingerprint density at radius 1 is 1.24 bits per heavy atom. The van der Waals surface area contributed by atoms with Gasteiger partial charge in [0.1, 0.15) is 5.69 Å². The van der Waals surface area contributed by atoms with Gasteiger partial charge in [-0.15, -0.1) is 11.3 Å². The van der Waals surface area contributed by atoms with Crippen LogP contribution >= 0.6 is 11.3 Å². The average molecular weight is 297 g/mol. The van der Waals surface area contributed by atoms with Crippen molar-refractivity contribution < 1.29 is 4.79 Å². The third-order valence-corrected chi connectivity index (χ3v) is 4.19. The number of aromatic nitrogens is 2. The molecule has 3 rings (SSSR count). The maximum atomic E-state index is 12.4. The molecular weight excluding hydrogens is 282 g/mol. The van der Waals surface area contributed by atoms with Gasteiger partial charge in [0, 0.05) is 29.8 Å². The van der Waals surface area contributed by atoms with Crippen molar-refractivity contribution in [2.75, 3.05) is 6.54 Å². The number of carbonyl (C=O) groups is 1. The molecule has 0 aliphatic heterocycles. The Morgan fingerprint density at radius 2 is 2.10 bits per heavy atom. The monoisotopic (exact) mass is 297 g/mol. The van der Waals surface area contributed by atoms with Crippen molar-refractivity contribution in [2.45, 2.75) is 12.8 Å². The number of pyridine rings is 1. The van der Waals surface area contributed by atoms with Crippen molar-refractivity contribution in [1.82, 2.24) is 9.97 Å². The molecule has 0 aliphatic rings. The Balaban J connectivity index is 1.85. The minimum absolute atomic E-state index is 0.0332. The zero-order valence-electron chi connectivity index (χ0n) is 11.5. The number of ketones is 1. The maximum absolute atomic E-state index is 12.4. The Labute approximate surface area is 126 Å². The lowest BCUT2D eigenvalue weighted by molar-refractivity contribution is 0.0989. The van der Waals surface area contributed by atoms with Gasteiger partial charge >= 0.3 is 0 Å². The molecule has 0 radical (unpaired) electrons. The minimum Gasteiger partial charge on any atom is -0.330 e. The molecule has 2 N–H and O–H groups in total. The predicted molar refractivity (Wildman–Crippen MR) is 84.6 cm³/mol. The Morgan fingerprint density at radius 3 is 2.95 bits per heavy atom. The number of hydrogen-bond donors (Lipinski definition) is 1. The number of hydrogen-bond acceptors (Lipinski definition) is 5. The van der Waals surface area contributed by atoms with Crippen LogP contribution in [0.2, 0.25) is 0 Å². The molecule has 0 aliphatic carbocycles. The highest BCUT2D eigenvalue weighted by Gasteiger charge is 2.13. The molecule has 2 aromatic heterocycles. The van der Waals surface area contributed by atoms with E-state index >= 15 is 0 Å². The number of Topliss-reactive ketones (excluding diaryl/α,β-unsaturated/α-hetero) is 1. The third kappa shape index (κ3) is 2.99. The molecule has 0 saturated carbocycles. The van der Waals surface area contributed by atoms with E-state index in [1.54, 1.807) is 6.20 Å². The molecule has 0 amide bonds. The zero-order chi connectivity index (χ0) is 14.7. The summed E-state index contributed by atoms with van der Waals surface area (Å²) in [7, 11) is 0. The summed E-state index contributed by atoms with van der Waals surface area (Å²) >= 11 is 1.49. The van der Waals surface area contributed by atoms with E-state index in [4.69, 9.17) is 5.73 Å². The molecule has 0 unspecified atom stereocenters. The van der Waals surface area contributed by atoms with Crippen molar-refractivity contribution in [3.63, 3.8) is 0 Å². The number of rotatable bonds is 5. The maximum Gasteiger partial charge on any atom is 0.186 e. The van der Waals surface area contributed by atoms with Gasteiger partial charge in [-0.1, -0.05) is 18.2 Å². The number of benzene rings is 1. The lowest BCUT2D eigenvalue weighted by atomic mass is 10.0. The van der Waals surface area contributed by atoms with E-state index in [0.717, 1.165) is 27.9 Å². The molecule has 0 spiro atoms. The second-order valence-corrected chi connectivity index (χ2v) is 5.69. The fourth-order valence-corrected chi connectivity index (χ4v) is 3.07. The summed E-state index contributed by atoms with van der Waals surface area (Å²) < 4.78 is 0. The molecule has 0 atom stereocenters. The van der Waals surface area contributed by atoms with Crippen LogP contribution in [-0.2, 0) is 12.8 Å². The summed E-state index contributed by atoms with van der Waals surface area (Å²) in [5.74, 6) is 0.0332.